The summed E-state index contributed by atoms with van der Waals surface area (Å²) in [5, 5.41) is 2.87. The number of oxazole rings is 1. The number of carbonyl (C=O) groups excluding carboxylic acids is 1. The average molecular weight is 359 g/mol. The average Bonchev–Trinajstić information content (AvgIpc) is 2.99. The van der Waals surface area contributed by atoms with E-state index in [1.165, 1.54) is 0 Å². The fraction of sp³-hybridized carbons (Fsp3) is 0.474. The van der Waals surface area contributed by atoms with E-state index in [4.69, 9.17) is 13.9 Å². The lowest BCUT2D eigenvalue weighted by molar-refractivity contribution is -0.128. The smallest absolute Gasteiger partial charge is 0.237 e. The Labute approximate surface area is 153 Å². The molecule has 2 heterocycles. The van der Waals surface area contributed by atoms with Crippen molar-refractivity contribution < 1.29 is 18.7 Å². The molecule has 1 aliphatic heterocycles. The van der Waals surface area contributed by atoms with E-state index in [1.807, 2.05) is 32.9 Å². The molecule has 3 rings (SSSR count). The summed E-state index contributed by atoms with van der Waals surface area (Å²) in [6.45, 7) is 7.75. The van der Waals surface area contributed by atoms with E-state index < -0.39 is 0 Å². The van der Waals surface area contributed by atoms with Crippen LogP contribution in [0.4, 0.5) is 0 Å². The van der Waals surface area contributed by atoms with Gasteiger partial charge in [-0.1, -0.05) is 0 Å². The molecule has 1 atom stereocenters. The molecule has 0 bridgehead atoms. The first kappa shape index (κ1) is 18.3. The molecular formula is C19H25N3O4. The lowest BCUT2D eigenvalue weighted by Gasteiger charge is -2.32. The molecule has 7 heteroatoms. The Bertz CT molecular complexity index is 815. The minimum atomic E-state index is -0.180. The number of nitrogens with one attached hydrogen (secondary N) is 1. The van der Waals surface area contributed by atoms with Gasteiger partial charge in [0.2, 0.25) is 11.8 Å². The Balaban J connectivity index is 1.91. The van der Waals surface area contributed by atoms with Crippen molar-refractivity contribution in [3.63, 3.8) is 0 Å². The fourth-order valence-corrected chi connectivity index (χ4v) is 3.25. The Morgan fingerprint density at radius 1 is 1.31 bits per heavy atom. The lowest BCUT2D eigenvalue weighted by Crippen LogP contribution is -2.53. The molecule has 1 N–H and O–H groups in total. The summed E-state index contributed by atoms with van der Waals surface area (Å²) in [7, 11) is 3.25. The number of carbonyl (C=O) groups is 1. The Hall–Kier alpha value is -2.54. The van der Waals surface area contributed by atoms with Crippen molar-refractivity contribution in [2.24, 2.45) is 0 Å². The topological polar surface area (TPSA) is 76.8 Å². The highest BCUT2D eigenvalue weighted by molar-refractivity contribution is 5.82. The van der Waals surface area contributed by atoms with Crippen LogP contribution >= 0.6 is 0 Å². The molecule has 2 aromatic rings. The van der Waals surface area contributed by atoms with Crippen molar-refractivity contribution in [3.8, 4) is 23.0 Å². The normalized spacial score (nSPS) is 17.9. The summed E-state index contributed by atoms with van der Waals surface area (Å²) in [6, 6.07) is 3.58. The second kappa shape index (κ2) is 7.37. The van der Waals surface area contributed by atoms with E-state index in [0.717, 1.165) is 34.9 Å². The number of rotatable bonds is 5. The Morgan fingerprint density at radius 2 is 2.08 bits per heavy atom. The van der Waals surface area contributed by atoms with Crippen LogP contribution in [0.3, 0.4) is 0 Å². The van der Waals surface area contributed by atoms with E-state index in [0.29, 0.717) is 24.7 Å². The molecule has 1 aliphatic rings. The molecule has 0 saturated carbocycles. The lowest BCUT2D eigenvalue weighted by atomic mass is 10.1. The van der Waals surface area contributed by atoms with Gasteiger partial charge in [0.25, 0.3) is 0 Å². The number of aryl methyl sites for hydroxylation is 1. The van der Waals surface area contributed by atoms with Crippen LogP contribution in [0.5, 0.6) is 11.5 Å². The maximum atomic E-state index is 11.9. The molecule has 0 radical (unpaired) electrons. The minimum absolute atomic E-state index is 0.0464. The molecule has 140 valence electrons. The van der Waals surface area contributed by atoms with Crippen LogP contribution in [0.25, 0.3) is 11.5 Å². The number of hydrogen-bond donors (Lipinski definition) is 1. The van der Waals surface area contributed by atoms with Crippen molar-refractivity contribution in [2.45, 2.75) is 33.4 Å². The third-order valence-electron chi connectivity index (χ3n) is 4.88. The Morgan fingerprint density at radius 3 is 2.77 bits per heavy atom. The number of ether oxygens (including phenoxy) is 2. The molecule has 1 aromatic carbocycles. The molecule has 1 amide bonds. The molecule has 1 fully saturated rings. The highest BCUT2D eigenvalue weighted by Crippen LogP contribution is 2.38. The summed E-state index contributed by atoms with van der Waals surface area (Å²) in [5.41, 5.74) is 2.51. The van der Waals surface area contributed by atoms with Gasteiger partial charge in [0.15, 0.2) is 0 Å². The van der Waals surface area contributed by atoms with E-state index in [1.54, 1.807) is 14.2 Å². The molecule has 1 aromatic heterocycles. The summed E-state index contributed by atoms with van der Waals surface area (Å²) in [5.74, 6) is 2.73. The molecule has 0 spiro atoms. The number of amides is 1. The first-order chi connectivity index (χ1) is 12.5. The van der Waals surface area contributed by atoms with Crippen LogP contribution in [0, 0.1) is 13.8 Å². The summed E-state index contributed by atoms with van der Waals surface area (Å²) >= 11 is 0. The van der Waals surface area contributed by atoms with E-state index >= 15 is 0 Å². The second-order valence-corrected chi connectivity index (χ2v) is 6.43. The van der Waals surface area contributed by atoms with Crippen LogP contribution in [-0.4, -0.2) is 49.1 Å². The predicted molar refractivity (Wildman–Crippen MR) is 97.4 cm³/mol. The van der Waals surface area contributed by atoms with Gasteiger partial charge in [-0.05, 0) is 32.9 Å². The zero-order chi connectivity index (χ0) is 18.8. The molecule has 0 aliphatic carbocycles. The molecule has 1 saturated heterocycles. The van der Waals surface area contributed by atoms with Gasteiger partial charge in [0.05, 0.1) is 31.5 Å². The largest absolute Gasteiger partial charge is 0.496 e. The number of hydrogen-bond acceptors (Lipinski definition) is 6. The van der Waals surface area contributed by atoms with Crippen molar-refractivity contribution >= 4 is 5.91 Å². The van der Waals surface area contributed by atoms with Crippen molar-refractivity contribution in [3.05, 3.63) is 29.2 Å². The molecular weight excluding hydrogens is 334 g/mol. The monoisotopic (exact) mass is 359 g/mol. The van der Waals surface area contributed by atoms with E-state index in [9.17, 15) is 4.79 Å². The van der Waals surface area contributed by atoms with Crippen LogP contribution in [-0.2, 0) is 11.3 Å². The minimum Gasteiger partial charge on any atom is -0.496 e. The van der Waals surface area contributed by atoms with Gasteiger partial charge < -0.3 is 19.2 Å². The third-order valence-corrected chi connectivity index (χ3v) is 4.88. The summed E-state index contributed by atoms with van der Waals surface area (Å²) in [6.07, 6.45) is 0. The standard InChI is InChI=1S/C19H25N3O4/c1-11-16(24-4)7-6-14(17(11)25-5)19-21-15(13(3)26-19)10-22-9-8-20-18(23)12(22)2/h6-7,12H,8-10H2,1-5H3,(H,20,23)/t12-/m1/s1. The number of aromatic nitrogens is 1. The fourth-order valence-electron chi connectivity index (χ4n) is 3.25. The SMILES string of the molecule is COc1ccc(-c2nc(CN3CCNC(=O)[C@H]3C)c(C)o2)c(OC)c1C. The highest BCUT2D eigenvalue weighted by Gasteiger charge is 2.27. The molecule has 0 unspecified atom stereocenters. The van der Waals surface area contributed by atoms with Crippen LogP contribution < -0.4 is 14.8 Å². The zero-order valence-electron chi connectivity index (χ0n) is 15.9. The third kappa shape index (κ3) is 3.26. The van der Waals surface area contributed by atoms with Crippen LogP contribution in [0.15, 0.2) is 16.5 Å². The summed E-state index contributed by atoms with van der Waals surface area (Å²) < 4.78 is 16.8. The van der Waals surface area contributed by atoms with E-state index in [-0.39, 0.29) is 11.9 Å². The van der Waals surface area contributed by atoms with Crippen LogP contribution in [0.2, 0.25) is 0 Å². The van der Waals surface area contributed by atoms with Gasteiger partial charge in [0.1, 0.15) is 17.3 Å². The first-order valence-electron chi connectivity index (χ1n) is 8.66. The summed E-state index contributed by atoms with van der Waals surface area (Å²) in [4.78, 5) is 18.6. The number of nitrogens with zero attached hydrogens (tertiary/aromatic N) is 2. The number of methoxy groups -OCH3 is 2. The van der Waals surface area contributed by atoms with Gasteiger partial charge in [0, 0.05) is 25.2 Å². The van der Waals surface area contributed by atoms with Crippen molar-refractivity contribution in [1.29, 1.82) is 0 Å². The maximum Gasteiger partial charge on any atom is 0.237 e. The maximum absolute atomic E-state index is 11.9. The molecule has 26 heavy (non-hydrogen) atoms. The first-order valence-corrected chi connectivity index (χ1v) is 8.66. The van der Waals surface area contributed by atoms with Crippen molar-refractivity contribution in [1.82, 2.24) is 15.2 Å². The quantitative estimate of drug-likeness (QED) is 0.883. The zero-order valence-corrected chi connectivity index (χ0v) is 15.9. The van der Waals surface area contributed by atoms with E-state index in [2.05, 4.69) is 15.2 Å². The van der Waals surface area contributed by atoms with Gasteiger partial charge in [-0.15, -0.1) is 0 Å². The van der Waals surface area contributed by atoms with Gasteiger partial charge >= 0.3 is 0 Å². The van der Waals surface area contributed by atoms with Gasteiger partial charge in [-0.25, -0.2) is 4.98 Å². The molecule has 7 nitrogen and oxygen atoms in total. The second-order valence-electron chi connectivity index (χ2n) is 6.43. The Kier molecular flexibility index (Phi) is 5.18. The highest BCUT2D eigenvalue weighted by atomic mass is 16.5. The van der Waals surface area contributed by atoms with Crippen LogP contribution in [0.1, 0.15) is 23.9 Å². The van der Waals surface area contributed by atoms with Crippen molar-refractivity contribution in [2.75, 3.05) is 27.3 Å². The number of piperazine rings is 1. The van der Waals surface area contributed by atoms with Gasteiger partial charge in [-0.3, -0.25) is 9.69 Å². The van der Waals surface area contributed by atoms with Gasteiger partial charge in [-0.2, -0.15) is 0 Å². The predicted octanol–water partition coefficient (Wildman–Crippen LogP) is 2.30. The number of benzene rings is 1.